The molecule has 1 aromatic rings. The summed E-state index contributed by atoms with van der Waals surface area (Å²) >= 11 is 0. The van der Waals surface area contributed by atoms with Gasteiger partial charge in [-0.05, 0) is 54.9 Å². The highest BCUT2D eigenvalue weighted by molar-refractivity contribution is 5.79. The largest absolute Gasteiger partial charge is 0.493 e. The molecule has 3 aliphatic rings. The molecule has 2 saturated carbocycles. The minimum atomic E-state index is -0.207. The Bertz CT molecular complexity index is 603. The molecule has 1 amide bonds. The fourth-order valence-corrected chi connectivity index (χ4v) is 4.41. The molecule has 0 saturated heterocycles. The zero-order valence-electron chi connectivity index (χ0n) is 14.2. The molecule has 0 radical (unpaired) electrons. The first-order chi connectivity index (χ1) is 11.7. The Balaban J connectivity index is 1.52. The summed E-state index contributed by atoms with van der Waals surface area (Å²) in [4.78, 5) is 12.7. The van der Waals surface area contributed by atoms with E-state index >= 15 is 0 Å². The summed E-state index contributed by atoms with van der Waals surface area (Å²) in [7, 11) is 0. The molecule has 0 bridgehead atoms. The monoisotopic (exact) mass is 329 g/mol. The molecule has 0 spiro atoms. The lowest BCUT2D eigenvalue weighted by atomic mass is 9.74. The van der Waals surface area contributed by atoms with E-state index in [2.05, 4.69) is 17.4 Å². The van der Waals surface area contributed by atoms with Crippen LogP contribution in [0.4, 0.5) is 0 Å². The van der Waals surface area contributed by atoms with E-state index in [0.717, 1.165) is 44.5 Å². The van der Waals surface area contributed by atoms with Crippen LogP contribution in [0.25, 0.3) is 0 Å². The Hall–Kier alpha value is -1.55. The molecule has 4 rings (SSSR count). The normalized spacial score (nSPS) is 27.7. The van der Waals surface area contributed by atoms with Crippen molar-refractivity contribution >= 4 is 5.91 Å². The van der Waals surface area contributed by atoms with E-state index in [1.807, 2.05) is 6.07 Å². The number of ether oxygens (including phenoxy) is 1. The van der Waals surface area contributed by atoms with Gasteiger partial charge in [-0.25, -0.2) is 0 Å². The molecule has 1 heterocycles. The molecule has 2 N–H and O–H groups in total. The Morgan fingerprint density at radius 1 is 1.21 bits per heavy atom. The molecule has 0 aromatic heterocycles. The average Bonchev–Trinajstić information content (AvgIpc) is 3.05. The standard InChI is InChI=1S/C20H27NO3/c22-17-11-16(12-17)19(21-20(23)13-4-2-1-3-5-13)15-6-7-18-14(10-15)8-9-24-18/h6-7,10,13,16-17,19,22H,1-5,8-9,11-12H2,(H,21,23)/t16?,17?,19-/m1/s1. The van der Waals surface area contributed by atoms with Crippen LogP contribution in [0, 0.1) is 11.8 Å². The second-order valence-corrected chi connectivity index (χ2v) is 7.67. The van der Waals surface area contributed by atoms with Gasteiger partial charge in [-0.3, -0.25) is 4.79 Å². The lowest BCUT2D eigenvalue weighted by molar-refractivity contribution is -0.127. The molecule has 1 aliphatic heterocycles. The predicted molar refractivity (Wildman–Crippen MR) is 91.8 cm³/mol. The second-order valence-electron chi connectivity index (χ2n) is 7.67. The lowest BCUT2D eigenvalue weighted by Gasteiger charge is -2.39. The van der Waals surface area contributed by atoms with Crippen LogP contribution in [0.2, 0.25) is 0 Å². The summed E-state index contributed by atoms with van der Waals surface area (Å²) in [5.41, 5.74) is 2.41. The van der Waals surface area contributed by atoms with E-state index in [1.165, 1.54) is 30.4 Å². The third-order valence-electron chi connectivity index (χ3n) is 5.97. The summed E-state index contributed by atoms with van der Waals surface area (Å²) in [6.45, 7) is 0.750. The van der Waals surface area contributed by atoms with E-state index in [-0.39, 0.29) is 24.0 Å². The number of aliphatic hydroxyl groups excluding tert-OH is 1. The topological polar surface area (TPSA) is 58.6 Å². The van der Waals surface area contributed by atoms with Crippen LogP contribution in [0.15, 0.2) is 18.2 Å². The van der Waals surface area contributed by atoms with Crippen LogP contribution in [0.5, 0.6) is 5.75 Å². The minimum absolute atomic E-state index is 0.0220. The molecule has 2 fully saturated rings. The first-order valence-corrected chi connectivity index (χ1v) is 9.45. The third kappa shape index (κ3) is 3.16. The number of carbonyl (C=O) groups is 1. The first kappa shape index (κ1) is 15.9. The number of fused-ring (bicyclic) bond motifs is 1. The van der Waals surface area contributed by atoms with Crippen molar-refractivity contribution in [1.29, 1.82) is 0 Å². The molecule has 1 aromatic carbocycles. The van der Waals surface area contributed by atoms with Crippen molar-refractivity contribution in [1.82, 2.24) is 5.32 Å². The smallest absolute Gasteiger partial charge is 0.223 e. The van der Waals surface area contributed by atoms with Crippen molar-refractivity contribution in [3.63, 3.8) is 0 Å². The Kier molecular flexibility index (Phi) is 4.49. The SMILES string of the molecule is O=C(N[C@H](c1ccc2c(c1)CCO2)C1CC(O)C1)C1CCCCC1. The van der Waals surface area contributed by atoms with Crippen molar-refractivity contribution in [2.45, 2.75) is 63.5 Å². The zero-order valence-corrected chi connectivity index (χ0v) is 14.2. The summed E-state index contributed by atoms with van der Waals surface area (Å²) < 4.78 is 5.60. The average molecular weight is 329 g/mol. The highest BCUT2D eigenvalue weighted by Gasteiger charge is 2.37. The van der Waals surface area contributed by atoms with Gasteiger partial charge in [0.25, 0.3) is 0 Å². The minimum Gasteiger partial charge on any atom is -0.493 e. The highest BCUT2D eigenvalue weighted by atomic mass is 16.5. The van der Waals surface area contributed by atoms with Gasteiger partial charge in [-0.15, -0.1) is 0 Å². The van der Waals surface area contributed by atoms with Crippen LogP contribution in [-0.4, -0.2) is 23.7 Å². The van der Waals surface area contributed by atoms with E-state index in [1.54, 1.807) is 0 Å². The lowest BCUT2D eigenvalue weighted by Crippen LogP contribution is -2.43. The number of carbonyl (C=O) groups excluding carboxylic acids is 1. The molecular formula is C20H27NO3. The maximum Gasteiger partial charge on any atom is 0.223 e. The van der Waals surface area contributed by atoms with Gasteiger partial charge in [0, 0.05) is 12.3 Å². The maximum atomic E-state index is 12.7. The Morgan fingerprint density at radius 3 is 2.75 bits per heavy atom. The number of hydrogen-bond acceptors (Lipinski definition) is 3. The molecule has 2 aliphatic carbocycles. The van der Waals surface area contributed by atoms with Gasteiger partial charge in [-0.1, -0.05) is 25.3 Å². The van der Waals surface area contributed by atoms with Gasteiger partial charge in [0.15, 0.2) is 0 Å². The van der Waals surface area contributed by atoms with Crippen molar-refractivity contribution in [3.8, 4) is 5.75 Å². The summed E-state index contributed by atoms with van der Waals surface area (Å²) in [6.07, 6.45) is 7.93. The summed E-state index contributed by atoms with van der Waals surface area (Å²) in [5, 5.41) is 13.0. The van der Waals surface area contributed by atoms with Crippen molar-refractivity contribution in [3.05, 3.63) is 29.3 Å². The van der Waals surface area contributed by atoms with Crippen molar-refractivity contribution in [2.24, 2.45) is 11.8 Å². The fraction of sp³-hybridized carbons (Fsp3) is 0.650. The number of hydrogen-bond donors (Lipinski definition) is 2. The van der Waals surface area contributed by atoms with E-state index in [9.17, 15) is 9.90 Å². The van der Waals surface area contributed by atoms with Crippen LogP contribution < -0.4 is 10.1 Å². The predicted octanol–water partition coefficient (Wildman–Crippen LogP) is 3.13. The molecule has 1 atom stereocenters. The summed E-state index contributed by atoms with van der Waals surface area (Å²) in [5.74, 6) is 1.69. The van der Waals surface area contributed by atoms with Gasteiger partial charge in [-0.2, -0.15) is 0 Å². The van der Waals surface area contributed by atoms with Crippen LogP contribution in [0.3, 0.4) is 0 Å². The third-order valence-corrected chi connectivity index (χ3v) is 5.97. The molecule has 0 unspecified atom stereocenters. The highest BCUT2D eigenvalue weighted by Crippen LogP contribution is 2.40. The number of amides is 1. The van der Waals surface area contributed by atoms with Crippen molar-refractivity contribution in [2.75, 3.05) is 6.61 Å². The number of rotatable bonds is 4. The Labute approximate surface area is 143 Å². The van der Waals surface area contributed by atoms with Crippen molar-refractivity contribution < 1.29 is 14.6 Å². The van der Waals surface area contributed by atoms with Gasteiger partial charge in [0.2, 0.25) is 5.91 Å². The van der Waals surface area contributed by atoms with Crippen LogP contribution >= 0.6 is 0 Å². The summed E-state index contributed by atoms with van der Waals surface area (Å²) in [6, 6.07) is 6.33. The zero-order chi connectivity index (χ0) is 16.5. The van der Waals surface area contributed by atoms with Gasteiger partial charge >= 0.3 is 0 Å². The molecule has 4 heteroatoms. The van der Waals surface area contributed by atoms with Crippen LogP contribution in [0.1, 0.15) is 62.1 Å². The number of benzene rings is 1. The second kappa shape index (κ2) is 6.75. The molecule has 4 nitrogen and oxygen atoms in total. The van der Waals surface area contributed by atoms with E-state index in [0.29, 0.717) is 5.92 Å². The van der Waals surface area contributed by atoms with E-state index in [4.69, 9.17) is 4.74 Å². The van der Waals surface area contributed by atoms with Gasteiger partial charge in [0.1, 0.15) is 5.75 Å². The van der Waals surface area contributed by atoms with E-state index < -0.39 is 0 Å². The maximum absolute atomic E-state index is 12.7. The van der Waals surface area contributed by atoms with Gasteiger partial charge in [0.05, 0.1) is 18.8 Å². The molecule has 24 heavy (non-hydrogen) atoms. The number of aliphatic hydroxyl groups is 1. The molecule has 130 valence electrons. The quantitative estimate of drug-likeness (QED) is 0.892. The molecular weight excluding hydrogens is 302 g/mol. The number of nitrogens with one attached hydrogen (secondary N) is 1. The fourth-order valence-electron chi connectivity index (χ4n) is 4.41. The van der Waals surface area contributed by atoms with Crippen LogP contribution in [-0.2, 0) is 11.2 Å². The Morgan fingerprint density at radius 2 is 2.00 bits per heavy atom. The van der Waals surface area contributed by atoms with Gasteiger partial charge < -0.3 is 15.2 Å². The first-order valence-electron chi connectivity index (χ1n) is 9.45.